The Balaban J connectivity index is 1.87. The van der Waals surface area contributed by atoms with E-state index >= 15 is 0 Å². The number of H-pyrrole nitrogens is 1. The topological polar surface area (TPSA) is 53.6 Å². The van der Waals surface area contributed by atoms with E-state index in [1.54, 1.807) is 6.20 Å². The molecule has 2 aromatic heterocycles. The van der Waals surface area contributed by atoms with Gasteiger partial charge in [-0.05, 0) is 31.5 Å². The zero-order chi connectivity index (χ0) is 10.8. The van der Waals surface area contributed by atoms with E-state index in [9.17, 15) is 0 Å². The van der Waals surface area contributed by atoms with Gasteiger partial charge in [-0.15, -0.1) is 0 Å². The molecule has 0 bridgehead atoms. The van der Waals surface area contributed by atoms with Crippen LogP contribution in [0.15, 0.2) is 30.7 Å². The van der Waals surface area contributed by atoms with Crippen molar-refractivity contribution in [1.29, 1.82) is 0 Å². The monoisotopic (exact) mass is 214 g/mol. The summed E-state index contributed by atoms with van der Waals surface area (Å²) in [5.41, 5.74) is 2.21. The quantitative estimate of drug-likeness (QED) is 0.802. The number of pyridine rings is 1. The van der Waals surface area contributed by atoms with Gasteiger partial charge >= 0.3 is 0 Å². The maximum Gasteiger partial charge on any atom is 0.139 e. The number of aromatic amines is 1. The molecule has 3 heterocycles. The van der Waals surface area contributed by atoms with Gasteiger partial charge in [-0.1, -0.05) is 0 Å². The maximum absolute atomic E-state index is 4.40. The molecule has 1 aliphatic rings. The van der Waals surface area contributed by atoms with Crippen LogP contribution in [0.3, 0.4) is 0 Å². The molecular weight excluding hydrogens is 200 g/mol. The molecule has 1 saturated heterocycles. The Hall–Kier alpha value is -1.68. The number of hydrogen-bond donors (Lipinski definition) is 2. The summed E-state index contributed by atoms with van der Waals surface area (Å²) >= 11 is 0. The van der Waals surface area contributed by atoms with Crippen LogP contribution in [0.1, 0.15) is 24.6 Å². The van der Waals surface area contributed by atoms with Crippen LogP contribution in [0.25, 0.3) is 11.4 Å². The second kappa shape index (κ2) is 4.06. The van der Waals surface area contributed by atoms with Crippen molar-refractivity contribution >= 4 is 0 Å². The maximum atomic E-state index is 4.40. The fourth-order valence-corrected chi connectivity index (χ4v) is 2.11. The summed E-state index contributed by atoms with van der Waals surface area (Å²) in [4.78, 5) is 11.8. The number of imidazole rings is 1. The molecule has 4 nitrogen and oxygen atoms in total. The molecule has 0 aliphatic carbocycles. The Labute approximate surface area is 94.1 Å². The van der Waals surface area contributed by atoms with Crippen molar-refractivity contribution in [3.05, 3.63) is 36.4 Å². The minimum absolute atomic E-state index is 0.443. The number of nitrogens with zero attached hydrogens (tertiary/aromatic N) is 2. The van der Waals surface area contributed by atoms with E-state index in [0.717, 1.165) is 17.9 Å². The van der Waals surface area contributed by atoms with Crippen molar-refractivity contribution in [1.82, 2.24) is 20.3 Å². The zero-order valence-electron chi connectivity index (χ0n) is 8.98. The second-order valence-electron chi connectivity index (χ2n) is 4.08. The normalized spacial score (nSPS) is 20.1. The van der Waals surface area contributed by atoms with E-state index in [-0.39, 0.29) is 0 Å². The molecule has 0 saturated carbocycles. The summed E-state index contributed by atoms with van der Waals surface area (Å²) < 4.78 is 0. The van der Waals surface area contributed by atoms with Gasteiger partial charge in [-0.3, -0.25) is 4.98 Å². The molecule has 1 aliphatic heterocycles. The van der Waals surface area contributed by atoms with E-state index in [0.29, 0.717) is 6.04 Å². The molecule has 0 aromatic carbocycles. The lowest BCUT2D eigenvalue weighted by Crippen LogP contribution is -2.12. The van der Waals surface area contributed by atoms with Crippen molar-refractivity contribution in [3.8, 4) is 11.4 Å². The number of hydrogen-bond acceptors (Lipinski definition) is 3. The van der Waals surface area contributed by atoms with Crippen LogP contribution < -0.4 is 5.32 Å². The molecule has 1 atom stereocenters. The fraction of sp³-hybridized carbons (Fsp3) is 0.333. The smallest absolute Gasteiger partial charge is 0.139 e. The van der Waals surface area contributed by atoms with Crippen LogP contribution in [-0.4, -0.2) is 21.5 Å². The molecule has 2 aromatic rings. The third-order valence-corrected chi connectivity index (χ3v) is 2.97. The van der Waals surface area contributed by atoms with E-state index < -0.39 is 0 Å². The first-order chi connectivity index (χ1) is 7.93. The highest BCUT2D eigenvalue weighted by molar-refractivity contribution is 5.53. The van der Waals surface area contributed by atoms with Gasteiger partial charge in [-0.25, -0.2) is 4.98 Å². The molecule has 3 rings (SSSR count). The summed E-state index contributed by atoms with van der Waals surface area (Å²) in [6.07, 6.45) is 7.95. The van der Waals surface area contributed by atoms with Crippen molar-refractivity contribution in [2.24, 2.45) is 0 Å². The Kier molecular flexibility index (Phi) is 2.42. The molecule has 0 spiro atoms. The van der Waals surface area contributed by atoms with Crippen LogP contribution in [0.2, 0.25) is 0 Å². The van der Waals surface area contributed by atoms with Gasteiger partial charge in [0.2, 0.25) is 0 Å². The van der Waals surface area contributed by atoms with Crippen molar-refractivity contribution < 1.29 is 0 Å². The molecule has 82 valence electrons. The van der Waals surface area contributed by atoms with Gasteiger partial charge in [0, 0.05) is 24.0 Å². The molecule has 4 heteroatoms. The first-order valence-corrected chi connectivity index (χ1v) is 5.62. The average molecular weight is 214 g/mol. The summed E-state index contributed by atoms with van der Waals surface area (Å²) in [5, 5.41) is 3.45. The largest absolute Gasteiger partial charge is 0.341 e. The predicted molar refractivity (Wildman–Crippen MR) is 61.8 cm³/mol. The predicted octanol–water partition coefficient (Wildman–Crippen LogP) is 1.90. The highest BCUT2D eigenvalue weighted by Gasteiger charge is 2.18. The van der Waals surface area contributed by atoms with Gasteiger partial charge in [-0.2, -0.15) is 0 Å². The first kappa shape index (κ1) is 9.54. The molecule has 1 fully saturated rings. The Bertz CT molecular complexity index is 457. The second-order valence-corrected chi connectivity index (χ2v) is 4.08. The highest BCUT2D eigenvalue weighted by atomic mass is 15.0. The standard InChI is InChI=1S/C12H14N4/c1-3-9(7-13-5-1)12-15-8-11(16-12)10-4-2-6-14-10/h1,3,5,7-8,10,14H,2,4,6H2,(H,15,16). The number of rotatable bonds is 2. The highest BCUT2D eigenvalue weighted by Crippen LogP contribution is 2.23. The summed E-state index contributed by atoms with van der Waals surface area (Å²) in [5.74, 6) is 0.900. The minimum atomic E-state index is 0.443. The Morgan fingerprint density at radius 2 is 2.31 bits per heavy atom. The lowest BCUT2D eigenvalue weighted by atomic mass is 10.2. The van der Waals surface area contributed by atoms with E-state index in [1.807, 2.05) is 24.5 Å². The molecule has 0 amide bonds. The number of aromatic nitrogens is 3. The minimum Gasteiger partial charge on any atom is -0.341 e. The lowest BCUT2D eigenvalue weighted by Gasteiger charge is -2.05. The molecule has 1 unspecified atom stereocenters. The molecule has 16 heavy (non-hydrogen) atoms. The summed E-state index contributed by atoms with van der Waals surface area (Å²) in [7, 11) is 0. The van der Waals surface area contributed by atoms with Crippen molar-refractivity contribution in [2.45, 2.75) is 18.9 Å². The SMILES string of the molecule is c1cncc(-c2ncc(C3CCCN3)[nH]2)c1. The van der Waals surface area contributed by atoms with Gasteiger partial charge in [0.15, 0.2) is 0 Å². The Morgan fingerprint density at radius 1 is 1.31 bits per heavy atom. The van der Waals surface area contributed by atoms with Crippen molar-refractivity contribution in [3.63, 3.8) is 0 Å². The van der Waals surface area contributed by atoms with E-state index in [2.05, 4.69) is 20.3 Å². The summed E-state index contributed by atoms with van der Waals surface area (Å²) in [6.45, 7) is 1.10. The van der Waals surface area contributed by atoms with Gasteiger partial charge < -0.3 is 10.3 Å². The third-order valence-electron chi connectivity index (χ3n) is 2.97. The Morgan fingerprint density at radius 3 is 3.06 bits per heavy atom. The van der Waals surface area contributed by atoms with Crippen LogP contribution in [0, 0.1) is 0 Å². The molecular formula is C12H14N4. The fourth-order valence-electron chi connectivity index (χ4n) is 2.11. The van der Waals surface area contributed by atoms with E-state index in [4.69, 9.17) is 0 Å². The molecule has 2 N–H and O–H groups in total. The van der Waals surface area contributed by atoms with E-state index in [1.165, 1.54) is 18.5 Å². The van der Waals surface area contributed by atoms with Crippen LogP contribution >= 0.6 is 0 Å². The number of nitrogens with one attached hydrogen (secondary N) is 2. The van der Waals surface area contributed by atoms with Crippen LogP contribution in [0.4, 0.5) is 0 Å². The third kappa shape index (κ3) is 1.72. The molecule has 0 radical (unpaired) electrons. The lowest BCUT2D eigenvalue weighted by molar-refractivity contribution is 0.632. The summed E-state index contributed by atoms with van der Waals surface area (Å²) in [6, 6.07) is 4.38. The van der Waals surface area contributed by atoms with Crippen LogP contribution in [0.5, 0.6) is 0 Å². The van der Waals surface area contributed by atoms with Gasteiger partial charge in [0.25, 0.3) is 0 Å². The van der Waals surface area contributed by atoms with Crippen molar-refractivity contribution in [2.75, 3.05) is 6.54 Å². The van der Waals surface area contributed by atoms with Gasteiger partial charge in [0.1, 0.15) is 5.82 Å². The first-order valence-electron chi connectivity index (χ1n) is 5.62. The van der Waals surface area contributed by atoms with Crippen LogP contribution in [-0.2, 0) is 0 Å². The van der Waals surface area contributed by atoms with Gasteiger partial charge in [0.05, 0.1) is 11.9 Å². The zero-order valence-corrected chi connectivity index (χ0v) is 8.98. The average Bonchev–Trinajstić information content (AvgIpc) is 3.01.